The lowest BCUT2D eigenvalue weighted by molar-refractivity contribution is -0.137. The number of nitrogens with zero attached hydrogens (tertiary/aromatic N) is 1. The molecule has 0 bridgehead atoms. The number of alkyl halides is 3. The van der Waals surface area contributed by atoms with Crippen molar-refractivity contribution < 1.29 is 32.3 Å². The Morgan fingerprint density at radius 2 is 2.03 bits per heavy atom. The predicted octanol–water partition coefficient (Wildman–Crippen LogP) is 1.47. The average Bonchev–Trinajstić information content (AvgIpc) is 3.23. The molecule has 2 aliphatic rings. The molecule has 1 aromatic carbocycles. The standard InChI is InChI=1S/C19H21F3N4O4/c20-19(21,22)12-4-1-3-11(9-12)14(10-26-8-2-5-16(26)28)23-15(27)7-6-13-17(29)25-18(30)24-13/h1,3-4,9,13-14H,2,5-8,10H2,(H,23,27)(H2,24,25,29,30)/t13-,14+/m0/s1. The van der Waals surface area contributed by atoms with Crippen LogP contribution in [0.1, 0.15) is 42.9 Å². The quantitative estimate of drug-likeness (QED) is 0.574. The molecule has 2 aliphatic heterocycles. The van der Waals surface area contributed by atoms with Gasteiger partial charge in [0.15, 0.2) is 0 Å². The zero-order valence-electron chi connectivity index (χ0n) is 15.9. The maximum Gasteiger partial charge on any atom is 0.416 e. The summed E-state index contributed by atoms with van der Waals surface area (Å²) in [5.41, 5.74) is -0.623. The topological polar surface area (TPSA) is 108 Å². The van der Waals surface area contributed by atoms with Crippen LogP contribution in [-0.2, 0) is 20.6 Å². The summed E-state index contributed by atoms with van der Waals surface area (Å²) in [6, 6.07) is 2.29. The Morgan fingerprint density at radius 3 is 2.63 bits per heavy atom. The van der Waals surface area contributed by atoms with Gasteiger partial charge in [0.25, 0.3) is 5.91 Å². The molecule has 2 saturated heterocycles. The minimum atomic E-state index is -4.54. The molecule has 1 aromatic rings. The summed E-state index contributed by atoms with van der Waals surface area (Å²) < 4.78 is 39.3. The van der Waals surface area contributed by atoms with E-state index < -0.39 is 41.7 Å². The number of rotatable bonds is 7. The van der Waals surface area contributed by atoms with E-state index in [0.29, 0.717) is 19.4 Å². The molecule has 0 radical (unpaired) electrons. The first-order chi connectivity index (χ1) is 14.1. The van der Waals surface area contributed by atoms with Crippen LogP contribution in [0.15, 0.2) is 24.3 Å². The van der Waals surface area contributed by atoms with E-state index in [9.17, 15) is 32.3 Å². The first-order valence-electron chi connectivity index (χ1n) is 9.49. The SMILES string of the molecule is O=C(CC[C@@H]1NC(=O)NC1=O)N[C@H](CN1CCCC1=O)c1cccc(C(F)(F)F)c1. The third kappa shape index (κ3) is 5.28. The fraction of sp³-hybridized carbons (Fsp3) is 0.474. The summed E-state index contributed by atoms with van der Waals surface area (Å²) in [5.74, 6) is -1.16. The molecule has 2 heterocycles. The van der Waals surface area contributed by atoms with Crippen molar-refractivity contribution in [1.29, 1.82) is 0 Å². The summed E-state index contributed by atoms with van der Waals surface area (Å²) in [7, 11) is 0. The van der Waals surface area contributed by atoms with Crippen LogP contribution >= 0.6 is 0 Å². The van der Waals surface area contributed by atoms with Gasteiger partial charge in [0, 0.05) is 25.9 Å². The largest absolute Gasteiger partial charge is 0.416 e. The molecule has 5 amide bonds. The van der Waals surface area contributed by atoms with Gasteiger partial charge in [0.05, 0.1) is 11.6 Å². The highest BCUT2D eigenvalue weighted by Crippen LogP contribution is 2.31. The van der Waals surface area contributed by atoms with E-state index in [2.05, 4.69) is 16.0 Å². The van der Waals surface area contributed by atoms with Crippen LogP contribution in [0.25, 0.3) is 0 Å². The molecule has 8 nitrogen and oxygen atoms in total. The molecule has 3 N–H and O–H groups in total. The Balaban J connectivity index is 1.71. The van der Waals surface area contributed by atoms with E-state index in [0.717, 1.165) is 12.1 Å². The number of carbonyl (C=O) groups is 4. The number of hydrogen-bond donors (Lipinski definition) is 3. The van der Waals surface area contributed by atoms with Gasteiger partial charge >= 0.3 is 12.2 Å². The molecule has 2 atom stereocenters. The van der Waals surface area contributed by atoms with Gasteiger partial charge in [-0.2, -0.15) is 13.2 Å². The normalized spacial score (nSPS) is 20.2. The van der Waals surface area contributed by atoms with Crippen molar-refractivity contribution in [1.82, 2.24) is 20.9 Å². The third-order valence-electron chi connectivity index (χ3n) is 5.04. The zero-order chi connectivity index (χ0) is 21.9. The fourth-order valence-corrected chi connectivity index (χ4v) is 3.49. The highest BCUT2D eigenvalue weighted by atomic mass is 19.4. The van der Waals surface area contributed by atoms with E-state index in [4.69, 9.17) is 0 Å². The molecular weight excluding hydrogens is 405 g/mol. The van der Waals surface area contributed by atoms with Gasteiger partial charge in [-0.25, -0.2) is 4.79 Å². The Labute approximate surface area is 170 Å². The molecule has 3 rings (SSSR count). The van der Waals surface area contributed by atoms with E-state index in [1.807, 2.05) is 0 Å². The van der Waals surface area contributed by atoms with Gasteiger partial charge in [-0.05, 0) is 30.5 Å². The van der Waals surface area contributed by atoms with Crippen molar-refractivity contribution in [3.05, 3.63) is 35.4 Å². The summed E-state index contributed by atoms with van der Waals surface area (Å²) in [6.07, 6.45) is -3.61. The Morgan fingerprint density at radius 1 is 1.27 bits per heavy atom. The second-order valence-electron chi connectivity index (χ2n) is 7.24. The van der Waals surface area contributed by atoms with Gasteiger partial charge in [0.2, 0.25) is 11.8 Å². The van der Waals surface area contributed by atoms with E-state index in [1.165, 1.54) is 17.0 Å². The van der Waals surface area contributed by atoms with Gasteiger partial charge in [-0.15, -0.1) is 0 Å². The highest BCUT2D eigenvalue weighted by molar-refractivity contribution is 6.04. The number of benzene rings is 1. The Hall–Kier alpha value is -3.11. The maximum atomic E-state index is 13.1. The third-order valence-corrected chi connectivity index (χ3v) is 5.04. The van der Waals surface area contributed by atoms with Crippen molar-refractivity contribution in [3.8, 4) is 0 Å². The van der Waals surface area contributed by atoms with Gasteiger partial charge in [-0.3, -0.25) is 19.7 Å². The maximum absolute atomic E-state index is 13.1. The van der Waals surface area contributed by atoms with Crippen molar-refractivity contribution >= 4 is 23.8 Å². The van der Waals surface area contributed by atoms with Gasteiger partial charge < -0.3 is 15.5 Å². The molecule has 2 fully saturated rings. The summed E-state index contributed by atoms with van der Waals surface area (Å²) in [5, 5.41) is 7.10. The second-order valence-corrected chi connectivity index (χ2v) is 7.24. The lowest BCUT2D eigenvalue weighted by atomic mass is 10.0. The molecule has 0 saturated carbocycles. The minimum absolute atomic E-state index is 0.0430. The zero-order valence-corrected chi connectivity index (χ0v) is 15.9. The van der Waals surface area contributed by atoms with Crippen LogP contribution in [0.2, 0.25) is 0 Å². The van der Waals surface area contributed by atoms with E-state index in [-0.39, 0.29) is 30.9 Å². The van der Waals surface area contributed by atoms with Crippen molar-refractivity contribution in [2.75, 3.05) is 13.1 Å². The number of halogens is 3. The first kappa shape index (κ1) is 21.6. The molecule has 11 heteroatoms. The van der Waals surface area contributed by atoms with E-state index in [1.54, 1.807) is 0 Å². The number of urea groups is 1. The van der Waals surface area contributed by atoms with Crippen LogP contribution in [0, 0.1) is 0 Å². The molecule has 0 spiro atoms. The monoisotopic (exact) mass is 426 g/mol. The smallest absolute Gasteiger partial charge is 0.348 e. The number of amides is 5. The minimum Gasteiger partial charge on any atom is -0.348 e. The van der Waals surface area contributed by atoms with Crippen LogP contribution in [0.5, 0.6) is 0 Å². The van der Waals surface area contributed by atoms with E-state index >= 15 is 0 Å². The Bertz CT molecular complexity index is 858. The summed E-state index contributed by atoms with van der Waals surface area (Å²) in [4.78, 5) is 48.6. The second kappa shape index (κ2) is 8.72. The fourth-order valence-electron chi connectivity index (χ4n) is 3.49. The molecule has 162 valence electrons. The number of nitrogens with one attached hydrogen (secondary N) is 3. The van der Waals surface area contributed by atoms with Crippen LogP contribution in [-0.4, -0.2) is 47.8 Å². The van der Waals surface area contributed by atoms with Crippen LogP contribution < -0.4 is 16.0 Å². The lowest BCUT2D eigenvalue weighted by Gasteiger charge is -2.26. The highest BCUT2D eigenvalue weighted by Gasteiger charge is 2.33. The molecule has 0 aromatic heterocycles. The van der Waals surface area contributed by atoms with Crippen LogP contribution in [0.3, 0.4) is 0 Å². The Kier molecular flexibility index (Phi) is 6.28. The van der Waals surface area contributed by atoms with Crippen molar-refractivity contribution in [2.24, 2.45) is 0 Å². The van der Waals surface area contributed by atoms with Gasteiger partial charge in [-0.1, -0.05) is 12.1 Å². The number of likely N-dealkylation sites (tertiary alicyclic amines) is 1. The number of imide groups is 1. The first-order valence-corrected chi connectivity index (χ1v) is 9.49. The summed E-state index contributed by atoms with van der Waals surface area (Å²) in [6.45, 7) is 0.519. The van der Waals surface area contributed by atoms with Gasteiger partial charge in [0.1, 0.15) is 6.04 Å². The number of hydrogen-bond acceptors (Lipinski definition) is 4. The predicted molar refractivity (Wildman–Crippen MR) is 97.8 cm³/mol. The molecule has 30 heavy (non-hydrogen) atoms. The average molecular weight is 426 g/mol. The number of carbonyl (C=O) groups excluding carboxylic acids is 4. The summed E-state index contributed by atoms with van der Waals surface area (Å²) >= 11 is 0. The molecular formula is C19H21F3N4O4. The van der Waals surface area contributed by atoms with Crippen molar-refractivity contribution in [3.63, 3.8) is 0 Å². The lowest BCUT2D eigenvalue weighted by Crippen LogP contribution is -2.39. The molecule has 0 unspecified atom stereocenters. The van der Waals surface area contributed by atoms with Crippen LogP contribution in [0.4, 0.5) is 18.0 Å². The molecule has 0 aliphatic carbocycles. The van der Waals surface area contributed by atoms with Crippen molar-refractivity contribution in [2.45, 2.75) is 43.9 Å².